The Kier molecular flexibility index (Phi) is 6.11. The Labute approximate surface area is 169 Å². The Morgan fingerprint density at radius 3 is 2.43 bits per heavy atom. The minimum absolute atomic E-state index is 0.0151. The fraction of sp³-hybridized carbons (Fsp3) is 0.588. The molecule has 1 saturated heterocycles. The third-order valence-electron chi connectivity index (χ3n) is 4.88. The van der Waals surface area contributed by atoms with Crippen LogP contribution in [0.3, 0.4) is 0 Å². The molecule has 1 unspecified atom stereocenters. The van der Waals surface area contributed by atoms with Gasteiger partial charge in [-0.2, -0.15) is 14.5 Å². The Hall–Kier alpha value is -1.91. The van der Waals surface area contributed by atoms with Crippen LogP contribution in [0.2, 0.25) is 5.02 Å². The van der Waals surface area contributed by atoms with Gasteiger partial charge in [-0.05, 0) is 13.8 Å². The Balaban J connectivity index is 1.61. The summed E-state index contributed by atoms with van der Waals surface area (Å²) in [5.41, 5.74) is 0.492. The molecular formula is C17H25ClN6O3S. The number of aryl methyl sites for hydroxylation is 2. The molecule has 0 aliphatic carbocycles. The van der Waals surface area contributed by atoms with Gasteiger partial charge in [0.05, 0.1) is 29.4 Å². The monoisotopic (exact) mass is 428 g/mol. The smallest absolute Gasteiger partial charge is 0.246 e. The number of amides is 1. The van der Waals surface area contributed by atoms with Gasteiger partial charge in [0.1, 0.15) is 4.90 Å². The van der Waals surface area contributed by atoms with E-state index < -0.39 is 10.0 Å². The zero-order valence-electron chi connectivity index (χ0n) is 16.2. The van der Waals surface area contributed by atoms with Gasteiger partial charge in [-0.15, -0.1) is 0 Å². The topological polar surface area (TPSA) is 93.3 Å². The molecule has 1 amide bonds. The number of aromatic nitrogens is 4. The Bertz CT molecular complexity index is 946. The second-order valence-corrected chi connectivity index (χ2v) is 9.29. The maximum Gasteiger partial charge on any atom is 0.246 e. The molecule has 0 aromatic carbocycles. The first-order valence-corrected chi connectivity index (χ1v) is 11.0. The van der Waals surface area contributed by atoms with Crippen molar-refractivity contribution in [3.8, 4) is 0 Å². The third-order valence-corrected chi connectivity index (χ3v) is 7.07. The average molecular weight is 429 g/mol. The molecule has 11 heteroatoms. The minimum Gasteiger partial charge on any atom is -0.340 e. The van der Waals surface area contributed by atoms with Gasteiger partial charge < -0.3 is 4.90 Å². The van der Waals surface area contributed by atoms with E-state index in [9.17, 15) is 13.2 Å². The van der Waals surface area contributed by atoms with E-state index in [1.54, 1.807) is 33.6 Å². The Morgan fingerprint density at radius 2 is 1.89 bits per heavy atom. The van der Waals surface area contributed by atoms with Crippen molar-refractivity contribution in [2.24, 2.45) is 5.92 Å². The molecule has 0 spiro atoms. The van der Waals surface area contributed by atoms with E-state index in [4.69, 9.17) is 11.6 Å². The summed E-state index contributed by atoms with van der Waals surface area (Å²) >= 11 is 5.86. The van der Waals surface area contributed by atoms with Crippen molar-refractivity contribution in [1.82, 2.24) is 28.8 Å². The highest BCUT2D eigenvalue weighted by atomic mass is 35.5. The summed E-state index contributed by atoms with van der Waals surface area (Å²) in [6.45, 7) is 7.75. The van der Waals surface area contributed by atoms with Gasteiger partial charge in [-0.25, -0.2) is 8.42 Å². The van der Waals surface area contributed by atoms with Gasteiger partial charge in [-0.1, -0.05) is 18.5 Å². The van der Waals surface area contributed by atoms with E-state index >= 15 is 0 Å². The summed E-state index contributed by atoms with van der Waals surface area (Å²) in [4.78, 5) is 14.6. The molecule has 0 bridgehead atoms. The van der Waals surface area contributed by atoms with Gasteiger partial charge in [-0.3, -0.25) is 14.2 Å². The molecule has 0 N–H and O–H groups in total. The molecule has 1 atom stereocenters. The van der Waals surface area contributed by atoms with Crippen molar-refractivity contribution in [3.63, 3.8) is 0 Å². The molecule has 9 nitrogen and oxygen atoms in total. The standard InChI is InChI=1S/C17H25ClN6O3S/c1-4-22-12-16(14(3)20-22)28(26,27)24-7-5-21(6-8-24)17(25)13(2)10-23-11-15(18)9-19-23/h9,11-13H,4-8,10H2,1-3H3. The molecule has 2 aromatic rings. The number of nitrogens with zero attached hydrogens (tertiary/aromatic N) is 6. The third kappa shape index (κ3) is 4.23. The van der Waals surface area contributed by atoms with Crippen LogP contribution < -0.4 is 0 Å². The molecular weight excluding hydrogens is 404 g/mol. The first-order valence-electron chi connectivity index (χ1n) is 9.23. The summed E-state index contributed by atoms with van der Waals surface area (Å²) in [6.07, 6.45) is 4.78. The molecule has 1 aliphatic heterocycles. The highest BCUT2D eigenvalue weighted by molar-refractivity contribution is 7.89. The molecule has 1 aliphatic rings. The number of sulfonamides is 1. The van der Waals surface area contributed by atoms with Crippen molar-refractivity contribution < 1.29 is 13.2 Å². The van der Waals surface area contributed by atoms with Crippen molar-refractivity contribution in [2.45, 2.75) is 38.8 Å². The summed E-state index contributed by atoms with van der Waals surface area (Å²) in [5.74, 6) is -0.289. The lowest BCUT2D eigenvalue weighted by Crippen LogP contribution is -2.52. The van der Waals surface area contributed by atoms with Gasteiger partial charge in [0.2, 0.25) is 15.9 Å². The van der Waals surface area contributed by atoms with Gasteiger partial charge in [0.15, 0.2) is 0 Å². The molecule has 0 radical (unpaired) electrons. The SMILES string of the molecule is CCn1cc(S(=O)(=O)N2CCN(C(=O)C(C)Cn3cc(Cl)cn3)CC2)c(C)n1. The number of carbonyl (C=O) groups is 1. The van der Waals surface area contributed by atoms with Crippen molar-refractivity contribution in [3.05, 3.63) is 29.3 Å². The number of carbonyl (C=O) groups excluding carboxylic acids is 1. The van der Waals surface area contributed by atoms with Crippen LogP contribution in [0.15, 0.2) is 23.5 Å². The number of hydrogen-bond donors (Lipinski definition) is 0. The van der Waals surface area contributed by atoms with Crippen LogP contribution in [0.5, 0.6) is 0 Å². The highest BCUT2D eigenvalue weighted by Crippen LogP contribution is 2.21. The van der Waals surface area contributed by atoms with Crippen molar-refractivity contribution in [1.29, 1.82) is 0 Å². The van der Waals surface area contributed by atoms with E-state index in [1.807, 2.05) is 13.8 Å². The zero-order valence-corrected chi connectivity index (χ0v) is 17.8. The second-order valence-electron chi connectivity index (χ2n) is 6.95. The number of piperazine rings is 1. The van der Waals surface area contributed by atoms with Crippen LogP contribution in [0.4, 0.5) is 0 Å². The summed E-state index contributed by atoms with van der Waals surface area (Å²) < 4.78 is 30.6. The molecule has 28 heavy (non-hydrogen) atoms. The van der Waals surface area contributed by atoms with E-state index in [0.717, 1.165) is 0 Å². The van der Waals surface area contributed by atoms with Gasteiger partial charge in [0, 0.05) is 45.1 Å². The van der Waals surface area contributed by atoms with Crippen LogP contribution in [0, 0.1) is 12.8 Å². The maximum atomic E-state index is 12.9. The highest BCUT2D eigenvalue weighted by Gasteiger charge is 2.33. The lowest BCUT2D eigenvalue weighted by molar-refractivity contribution is -0.136. The molecule has 3 heterocycles. The Morgan fingerprint density at radius 1 is 1.21 bits per heavy atom. The van der Waals surface area contributed by atoms with Crippen LogP contribution in [-0.2, 0) is 27.9 Å². The lowest BCUT2D eigenvalue weighted by atomic mass is 10.1. The van der Waals surface area contributed by atoms with E-state index in [-0.39, 0.29) is 29.8 Å². The quantitative estimate of drug-likeness (QED) is 0.689. The zero-order chi connectivity index (χ0) is 20.5. The minimum atomic E-state index is -3.61. The second kappa shape index (κ2) is 8.22. The predicted octanol–water partition coefficient (Wildman–Crippen LogP) is 1.23. The lowest BCUT2D eigenvalue weighted by Gasteiger charge is -2.35. The molecule has 2 aromatic heterocycles. The van der Waals surface area contributed by atoms with E-state index in [2.05, 4.69) is 10.2 Å². The molecule has 0 saturated carbocycles. The summed E-state index contributed by atoms with van der Waals surface area (Å²) in [5, 5.41) is 8.85. The number of halogens is 1. The molecule has 154 valence electrons. The molecule has 1 fully saturated rings. The van der Waals surface area contributed by atoms with Crippen LogP contribution in [0.25, 0.3) is 0 Å². The first-order chi connectivity index (χ1) is 13.2. The fourth-order valence-corrected chi connectivity index (χ4v) is 5.06. The number of rotatable bonds is 6. The molecule has 3 rings (SSSR count). The number of hydrogen-bond acceptors (Lipinski definition) is 5. The first kappa shape index (κ1) is 20.8. The fourth-order valence-electron chi connectivity index (χ4n) is 3.31. The van der Waals surface area contributed by atoms with Crippen LogP contribution in [0.1, 0.15) is 19.5 Å². The van der Waals surface area contributed by atoms with Crippen molar-refractivity contribution in [2.75, 3.05) is 26.2 Å². The van der Waals surface area contributed by atoms with E-state index in [0.29, 0.717) is 36.9 Å². The summed E-state index contributed by atoms with van der Waals surface area (Å²) in [6, 6.07) is 0. The van der Waals surface area contributed by atoms with E-state index in [1.165, 1.54) is 10.5 Å². The summed E-state index contributed by atoms with van der Waals surface area (Å²) in [7, 11) is -3.61. The van der Waals surface area contributed by atoms with Gasteiger partial charge in [0.25, 0.3) is 0 Å². The average Bonchev–Trinajstić information content (AvgIpc) is 3.26. The van der Waals surface area contributed by atoms with Crippen LogP contribution >= 0.6 is 11.6 Å². The normalized spacial score (nSPS) is 17.1. The largest absolute Gasteiger partial charge is 0.340 e. The van der Waals surface area contributed by atoms with Crippen LogP contribution in [-0.4, -0.2) is 69.3 Å². The predicted molar refractivity (Wildman–Crippen MR) is 104 cm³/mol. The van der Waals surface area contributed by atoms with Gasteiger partial charge >= 0.3 is 0 Å². The van der Waals surface area contributed by atoms with Crippen molar-refractivity contribution >= 4 is 27.5 Å². The maximum absolute atomic E-state index is 12.9.